The zero-order valence-electron chi connectivity index (χ0n) is 10.9. The van der Waals surface area contributed by atoms with Crippen molar-refractivity contribution in [2.75, 3.05) is 24.5 Å². The van der Waals surface area contributed by atoms with Gasteiger partial charge in [0, 0.05) is 31.5 Å². The molecule has 94 valence electrons. The summed E-state index contributed by atoms with van der Waals surface area (Å²) in [5, 5.41) is 3.40. The Labute approximate surface area is 104 Å². The van der Waals surface area contributed by atoms with E-state index in [9.17, 15) is 0 Å². The van der Waals surface area contributed by atoms with Crippen molar-refractivity contribution in [3.05, 3.63) is 24.0 Å². The molecule has 17 heavy (non-hydrogen) atoms. The summed E-state index contributed by atoms with van der Waals surface area (Å²) in [6, 6.07) is 4.35. The molecule has 0 bridgehead atoms. The van der Waals surface area contributed by atoms with Gasteiger partial charge in [0.25, 0.3) is 0 Å². The Kier molecular flexibility index (Phi) is 4.37. The molecule has 1 unspecified atom stereocenters. The Morgan fingerprint density at radius 2 is 2.41 bits per heavy atom. The standard InChI is InChI=1S/C14H23N3/c1-3-6-15-10-13-9-14(4-7-16-13)17-8-5-12(2)11-17/h4,7,9,12,15H,3,5-6,8,10-11H2,1-2H3. The van der Waals surface area contributed by atoms with E-state index < -0.39 is 0 Å². The van der Waals surface area contributed by atoms with E-state index in [1.165, 1.54) is 31.6 Å². The van der Waals surface area contributed by atoms with Crippen LogP contribution in [0.15, 0.2) is 18.3 Å². The molecule has 0 saturated carbocycles. The first-order valence-corrected chi connectivity index (χ1v) is 6.70. The fourth-order valence-electron chi connectivity index (χ4n) is 2.32. The molecular formula is C14H23N3. The van der Waals surface area contributed by atoms with Crippen molar-refractivity contribution in [3.8, 4) is 0 Å². The number of pyridine rings is 1. The average Bonchev–Trinajstić information content (AvgIpc) is 2.77. The normalized spacial score (nSPS) is 19.9. The summed E-state index contributed by atoms with van der Waals surface area (Å²) < 4.78 is 0. The molecule has 1 N–H and O–H groups in total. The molecule has 1 saturated heterocycles. The molecule has 1 aliphatic rings. The van der Waals surface area contributed by atoms with Crippen LogP contribution in [0.4, 0.5) is 5.69 Å². The molecule has 1 aromatic heterocycles. The lowest BCUT2D eigenvalue weighted by molar-refractivity contribution is 0.658. The summed E-state index contributed by atoms with van der Waals surface area (Å²) in [5.74, 6) is 0.824. The van der Waals surface area contributed by atoms with E-state index in [4.69, 9.17) is 0 Å². The van der Waals surface area contributed by atoms with Crippen molar-refractivity contribution in [1.82, 2.24) is 10.3 Å². The van der Waals surface area contributed by atoms with Gasteiger partial charge >= 0.3 is 0 Å². The van der Waals surface area contributed by atoms with Crippen LogP contribution in [-0.2, 0) is 6.54 Å². The molecule has 0 aliphatic carbocycles. The zero-order valence-corrected chi connectivity index (χ0v) is 10.9. The molecule has 0 spiro atoms. The van der Waals surface area contributed by atoms with Crippen molar-refractivity contribution >= 4 is 5.69 Å². The van der Waals surface area contributed by atoms with Gasteiger partial charge in [-0.1, -0.05) is 13.8 Å². The molecule has 1 fully saturated rings. The van der Waals surface area contributed by atoms with Gasteiger partial charge in [0.05, 0.1) is 5.69 Å². The molecular weight excluding hydrogens is 210 g/mol. The van der Waals surface area contributed by atoms with Crippen molar-refractivity contribution in [3.63, 3.8) is 0 Å². The number of aromatic nitrogens is 1. The maximum atomic E-state index is 4.41. The molecule has 0 aromatic carbocycles. The first kappa shape index (κ1) is 12.4. The highest BCUT2D eigenvalue weighted by atomic mass is 15.1. The van der Waals surface area contributed by atoms with Gasteiger partial charge in [0.1, 0.15) is 0 Å². The van der Waals surface area contributed by atoms with Gasteiger partial charge in [-0.15, -0.1) is 0 Å². The molecule has 1 aromatic rings. The molecule has 3 nitrogen and oxygen atoms in total. The second-order valence-corrected chi connectivity index (χ2v) is 5.02. The van der Waals surface area contributed by atoms with Gasteiger partial charge in [0.15, 0.2) is 0 Å². The van der Waals surface area contributed by atoms with Gasteiger partial charge in [-0.25, -0.2) is 0 Å². The van der Waals surface area contributed by atoms with Crippen LogP contribution in [-0.4, -0.2) is 24.6 Å². The minimum atomic E-state index is 0.824. The fraction of sp³-hybridized carbons (Fsp3) is 0.643. The number of nitrogens with one attached hydrogen (secondary N) is 1. The third kappa shape index (κ3) is 3.43. The Bertz CT molecular complexity index is 351. The fourth-order valence-corrected chi connectivity index (χ4v) is 2.32. The van der Waals surface area contributed by atoms with Gasteiger partial charge in [-0.3, -0.25) is 4.98 Å². The number of hydrogen-bond acceptors (Lipinski definition) is 3. The lowest BCUT2D eigenvalue weighted by Crippen LogP contribution is -2.20. The summed E-state index contributed by atoms with van der Waals surface area (Å²) in [6.07, 6.45) is 4.41. The molecule has 0 amide bonds. The number of rotatable bonds is 5. The minimum Gasteiger partial charge on any atom is -0.371 e. The lowest BCUT2D eigenvalue weighted by Gasteiger charge is -2.18. The van der Waals surface area contributed by atoms with Gasteiger partial charge in [-0.2, -0.15) is 0 Å². The van der Waals surface area contributed by atoms with Crippen molar-refractivity contribution < 1.29 is 0 Å². The quantitative estimate of drug-likeness (QED) is 0.792. The van der Waals surface area contributed by atoms with Crippen LogP contribution in [0, 0.1) is 5.92 Å². The molecule has 1 atom stereocenters. The zero-order chi connectivity index (χ0) is 12.1. The van der Waals surface area contributed by atoms with Crippen LogP contribution >= 0.6 is 0 Å². The predicted octanol–water partition coefficient (Wildman–Crippen LogP) is 2.43. The third-order valence-electron chi connectivity index (χ3n) is 3.32. The number of anilines is 1. The van der Waals surface area contributed by atoms with E-state index in [0.29, 0.717) is 0 Å². The monoisotopic (exact) mass is 233 g/mol. The number of hydrogen-bond donors (Lipinski definition) is 1. The van der Waals surface area contributed by atoms with E-state index in [2.05, 4.69) is 41.2 Å². The minimum absolute atomic E-state index is 0.824. The van der Waals surface area contributed by atoms with Crippen LogP contribution in [0.3, 0.4) is 0 Å². The van der Waals surface area contributed by atoms with Gasteiger partial charge in [-0.05, 0) is 37.4 Å². The van der Waals surface area contributed by atoms with Gasteiger partial charge in [0.2, 0.25) is 0 Å². The highest BCUT2D eigenvalue weighted by Crippen LogP contribution is 2.23. The average molecular weight is 233 g/mol. The third-order valence-corrected chi connectivity index (χ3v) is 3.32. The Morgan fingerprint density at radius 3 is 3.12 bits per heavy atom. The predicted molar refractivity (Wildman–Crippen MR) is 72.2 cm³/mol. The second-order valence-electron chi connectivity index (χ2n) is 5.02. The molecule has 2 heterocycles. The largest absolute Gasteiger partial charge is 0.371 e. The second kappa shape index (κ2) is 6.01. The Hall–Kier alpha value is -1.09. The van der Waals surface area contributed by atoms with Crippen molar-refractivity contribution in [1.29, 1.82) is 0 Å². The van der Waals surface area contributed by atoms with E-state index in [1.807, 2.05) is 6.20 Å². The summed E-state index contributed by atoms with van der Waals surface area (Å²) in [4.78, 5) is 6.88. The van der Waals surface area contributed by atoms with Crippen LogP contribution in [0.2, 0.25) is 0 Å². The van der Waals surface area contributed by atoms with Crippen LogP contribution in [0.5, 0.6) is 0 Å². The van der Waals surface area contributed by atoms with E-state index >= 15 is 0 Å². The first-order chi connectivity index (χ1) is 8.29. The summed E-state index contributed by atoms with van der Waals surface area (Å²) in [7, 11) is 0. The van der Waals surface area contributed by atoms with Crippen LogP contribution in [0.1, 0.15) is 32.4 Å². The highest BCUT2D eigenvalue weighted by Gasteiger charge is 2.18. The van der Waals surface area contributed by atoms with Crippen molar-refractivity contribution in [2.45, 2.75) is 33.2 Å². The van der Waals surface area contributed by atoms with Crippen LogP contribution < -0.4 is 10.2 Å². The molecule has 3 heteroatoms. The summed E-state index contributed by atoms with van der Waals surface area (Å²) in [6.45, 7) is 8.82. The summed E-state index contributed by atoms with van der Waals surface area (Å²) >= 11 is 0. The highest BCUT2D eigenvalue weighted by molar-refractivity contribution is 5.47. The first-order valence-electron chi connectivity index (χ1n) is 6.70. The Morgan fingerprint density at radius 1 is 1.53 bits per heavy atom. The number of nitrogens with zero attached hydrogens (tertiary/aromatic N) is 2. The Balaban J connectivity index is 1.96. The smallest absolute Gasteiger partial charge is 0.0562 e. The van der Waals surface area contributed by atoms with Gasteiger partial charge < -0.3 is 10.2 Å². The van der Waals surface area contributed by atoms with Crippen LogP contribution in [0.25, 0.3) is 0 Å². The van der Waals surface area contributed by atoms with E-state index in [-0.39, 0.29) is 0 Å². The maximum absolute atomic E-state index is 4.41. The molecule has 2 rings (SSSR count). The maximum Gasteiger partial charge on any atom is 0.0562 e. The topological polar surface area (TPSA) is 28.2 Å². The van der Waals surface area contributed by atoms with E-state index in [0.717, 1.165) is 24.7 Å². The summed E-state index contributed by atoms with van der Waals surface area (Å²) in [5.41, 5.74) is 2.48. The van der Waals surface area contributed by atoms with E-state index in [1.54, 1.807) is 0 Å². The van der Waals surface area contributed by atoms with Crippen molar-refractivity contribution in [2.24, 2.45) is 5.92 Å². The lowest BCUT2D eigenvalue weighted by atomic mass is 10.2. The molecule has 1 aliphatic heterocycles. The SMILES string of the molecule is CCCNCc1cc(N2CCC(C)C2)ccn1. The molecule has 0 radical (unpaired) electrons.